The molecule has 128 valence electrons. The van der Waals surface area contributed by atoms with Crippen molar-refractivity contribution >= 4 is 39.4 Å². The van der Waals surface area contributed by atoms with E-state index in [9.17, 15) is 14.4 Å². The number of carbonyl (C=O) groups excluding carboxylic acids is 2. The maximum Gasteiger partial charge on any atom is 0.306 e. The van der Waals surface area contributed by atoms with E-state index >= 15 is 0 Å². The minimum absolute atomic E-state index is 0.0612. The molecule has 1 aromatic rings. The molecule has 1 saturated carbocycles. The fraction of sp³-hybridized carbons (Fsp3) is 0.471. The second-order valence-electron chi connectivity index (χ2n) is 6.55. The number of benzene rings is 1. The molecule has 6 nitrogen and oxygen atoms in total. The molecule has 0 spiro atoms. The molecule has 0 aromatic heterocycles. The van der Waals surface area contributed by atoms with Gasteiger partial charge in [-0.25, -0.2) is 0 Å². The summed E-state index contributed by atoms with van der Waals surface area (Å²) in [5.74, 6) is -1.77. The first-order chi connectivity index (χ1) is 11.3. The van der Waals surface area contributed by atoms with Crippen LogP contribution in [-0.4, -0.2) is 35.5 Å². The third kappa shape index (κ3) is 3.31. The van der Waals surface area contributed by atoms with Crippen molar-refractivity contribution in [1.29, 1.82) is 0 Å². The molecule has 1 atom stereocenters. The lowest BCUT2D eigenvalue weighted by molar-refractivity contribution is -0.146. The van der Waals surface area contributed by atoms with Gasteiger partial charge in [0.1, 0.15) is 0 Å². The number of nitrogens with zero attached hydrogens (tertiary/aromatic N) is 1. The Labute approximate surface area is 148 Å². The van der Waals surface area contributed by atoms with Crippen LogP contribution in [-0.2, 0) is 14.4 Å². The summed E-state index contributed by atoms with van der Waals surface area (Å²) in [7, 11) is 0. The van der Waals surface area contributed by atoms with Crippen LogP contribution in [0.15, 0.2) is 22.7 Å². The van der Waals surface area contributed by atoms with E-state index in [1.165, 1.54) is 0 Å². The van der Waals surface area contributed by atoms with E-state index in [1.807, 2.05) is 25.1 Å². The van der Waals surface area contributed by atoms with Crippen LogP contribution >= 0.6 is 15.9 Å². The fourth-order valence-corrected chi connectivity index (χ4v) is 3.43. The molecule has 1 unspecified atom stereocenters. The summed E-state index contributed by atoms with van der Waals surface area (Å²) in [4.78, 5) is 37.0. The predicted molar refractivity (Wildman–Crippen MR) is 91.6 cm³/mol. The summed E-state index contributed by atoms with van der Waals surface area (Å²) in [6.07, 6.45) is 1.13. The minimum atomic E-state index is -0.812. The summed E-state index contributed by atoms with van der Waals surface area (Å²) >= 11 is 3.44. The molecule has 7 heteroatoms. The Bertz CT molecular complexity index is 700. The molecular weight excluding hydrogens is 376 g/mol. The molecule has 3 rings (SSSR count). The highest BCUT2D eigenvalue weighted by Crippen LogP contribution is 2.30. The Hall–Kier alpha value is -1.89. The van der Waals surface area contributed by atoms with E-state index in [4.69, 9.17) is 5.11 Å². The van der Waals surface area contributed by atoms with Crippen LogP contribution in [0.5, 0.6) is 0 Å². The normalized spacial score (nSPS) is 26.2. The van der Waals surface area contributed by atoms with Gasteiger partial charge in [0.25, 0.3) is 0 Å². The smallest absolute Gasteiger partial charge is 0.306 e. The summed E-state index contributed by atoms with van der Waals surface area (Å²) in [5.41, 5.74) is 1.83. The number of anilines is 1. The van der Waals surface area contributed by atoms with Gasteiger partial charge in [0.15, 0.2) is 0 Å². The molecule has 24 heavy (non-hydrogen) atoms. The van der Waals surface area contributed by atoms with Gasteiger partial charge in [-0.3, -0.25) is 14.4 Å². The maximum absolute atomic E-state index is 12.3. The van der Waals surface area contributed by atoms with Gasteiger partial charge in [0, 0.05) is 29.2 Å². The number of carboxylic acid groups (broad SMARTS) is 1. The first-order valence-corrected chi connectivity index (χ1v) is 8.74. The zero-order chi connectivity index (χ0) is 17.4. The second-order valence-corrected chi connectivity index (χ2v) is 7.41. The SMILES string of the molecule is Cc1cc(N2CC(C(=O)NC3CC(C(=O)O)C3)CC2=O)ccc1Br. The highest BCUT2D eigenvalue weighted by atomic mass is 79.9. The van der Waals surface area contributed by atoms with E-state index in [0.29, 0.717) is 19.4 Å². The van der Waals surface area contributed by atoms with Crippen molar-refractivity contribution in [2.75, 3.05) is 11.4 Å². The third-order valence-electron chi connectivity index (χ3n) is 4.78. The number of hydrogen-bond acceptors (Lipinski definition) is 3. The first kappa shape index (κ1) is 17.0. The van der Waals surface area contributed by atoms with Gasteiger partial charge in [-0.1, -0.05) is 15.9 Å². The number of hydrogen-bond donors (Lipinski definition) is 2. The van der Waals surface area contributed by atoms with Gasteiger partial charge in [0.2, 0.25) is 11.8 Å². The number of carboxylic acids is 1. The Balaban J connectivity index is 1.59. The lowest BCUT2D eigenvalue weighted by atomic mass is 9.80. The largest absolute Gasteiger partial charge is 0.481 e. The molecule has 1 heterocycles. The molecule has 2 amide bonds. The number of amides is 2. The molecule has 2 fully saturated rings. The van der Waals surface area contributed by atoms with E-state index < -0.39 is 5.97 Å². The highest BCUT2D eigenvalue weighted by molar-refractivity contribution is 9.10. The van der Waals surface area contributed by atoms with Crippen LogP contribution in [0.4, 0.5) is 5.69 Å². The summed E-state index contributed by atoms with van der Waals surface area (Å²) in [6.45, 7) is 2.31. The molecule has 1 aliphatic carbocycles. The van der Waals surface area contributed by atoms with Crippen LogP contribution in [0.1, 0.15) is 24.8 Å². The molecule has 2 aliphatic rings. The van der Waals surface area contributed by atoms with Crippen molar-refractivity contribution in [2.45, 2.75) is 32.2 Å². The van der Waals surface area contributed by atoms with E-state index in [2.05, 4.69) is 21.2 Å². The van der Waals surface area contributed by atoms with Gasteiger partial charge in [-0.05, 0) is 43.5 Å². The van der Waals surface area contributed by atoms with E-state index in [0.717, 1.165) is 15.7 Å². The topological polar surface area (TPSA) is 86.7 Å². The number of aryl methyl sites for hydroxylation is 1. The van der Waals surface area contributed by atoms with Crippen molar-refractivity contribution in [1.82, 2.24) is 5.32 Å². The lowest BCUT2D eigenvalue weighted by Gasteiger charge is -2.33. The lowest BCUT2D eigenvalue weighted by Crippen LogP contribution is -2.48. The molecule has 2 N–H and O–H groups in total. The summed E-state index contributed by atoms with van der Waals surface area (Å²) in [5, 5.41) is 11.7. The van der Waals surface area contributed by atoms with Crippen LogP contribution in [0.3, 0.4) is 0 Å². The van der Waals surface area contributed by atoms with Crippen molar-refractivity contribution in [3.63, 3.8) is 0 Å². The third-order valence-corrected chi connectivity index (χ3v) is 5.67. The van der Waals surface area contributed by atoms with E-state index in [-0.39, 0.29) is 36.1 Å². The average Bonchev–Trinajstić information content (AvgIpc) is 2.87. The molecule has 0 radical (unpaired) electrons. The molecule has 1 aliphatic heterocycles. The van der Waals surface area contributed by atoms with Crippen LogP contribution in [0.25, 0.3) is 0 Å². The molecule has 1 aromatic carbocycles. The Kier molecular flexibility index (Phi) is 4.62. The Morgan fingerprint density at radius 3 is 2.62 bits per heavy atom. The van der Waals surface area contributed by atoms with Gasteiger partial charge >= 0.3 is 5.97 Å². The van der Waals surface area contributed by atoms with Gasteiger partial charge < -0.3 is 15.3 Å². The second kappa shape index (κ2) is 6.55. The monoisotopic (exact) mass is 394 g/mol. The Morgan fingerprint density at radius 1 is 1.29 bits per heavy atom. The number of nitrogens with one attached hydrogen (secondary N) is 1. The van der Waals surface area contributed by atoms with E-state index in [1.54, 1.807) is 4.90 Å². The number of carbonyl (C=O) groups is 3. The number of rotatable bonds is 4. The standard InChI is InChI=1S/C17H19BrN2O4/c1-9-4-13(2-3-14(9)18)20-8-11(7-15(20)21)16(22)19-12-5-10(6-12)17(23)24/h2-4,10-12H,5-8H2,1H3,(H,19,22)(H,23,24). The number of aliphatic carboxylic acids is 1. The van der Waals surface area contributed by atoms with Crippen molar-refractivity contribution in [3.8, 4) is 0 Å². The summed E-state index contributed by atoms with van der Waals surface area (Å²) in [6, 6.07) is 5.59. The van der Waals surface area contributed by atoms with Gasteiger partial charge in [-0.2, -0.15) is 0 Å². The quantitative estimate of drug-likeness (QED) is 0.818. The predicted octanol–water partition coefficient (Wildman–Crippen LogP) is 2.09. The maximum atomic E-state index is 12.3. The van der Waals surface area contributed by atoms with Gasteiger partial charge in [-0.15, -0.1) is 0 Å². The zero-order valence-corrected chi connectivity index (χ0v) is 14.9. The fourth-order valence-electron chi connectivity index (χ4n) is 3.19. The van der Waals surface area contributed by atoms with Crippen LogP contribution in [0.2, 0.25) is 0 Å². The molecule has 1 saturated heterocycles. The molecule has 0 bridgehead atoms. The number of halogens is 1. The average molecular weight is 395 g/mol. The minimum Gasteiger partial charge on any atom is -0.481 e. The highest BCUT2D eigenvalue weighted by Gasteiger charge is 2.39. The van der Waals surface area contributed by atoms with Crippen molar-refractivity contribution in [3.05, 3.63) is 28.2 Å². The zero-order valence-electron chi connectivity index (χ0n) is 13.3. The van der Waals surface area contributed by atoms with Crippen molar-refractivity contribution in [2.24, 2.45) is 11.8 Å². The Morgan fingerprint density at radius 2 is 2.00 bits per heavy atom. The van der Waals surface area contributed by atoms with Crippen LogP contribution in [0, 0.1) is 18.8 Å². The van der Waals surface area contributed by atoms with Crippen LogP contribution < -0.4 is 10.2 Å². The van der Waals surface area contributed by atoms with Gasteiger partial charge in [0.05, 0.1) is 11.8 Å². The van der Waals surface area contributed by atoms with Crippen molar-refractivity contribution < 1.29 is 19.5 Å². The first-order valence-electron chi connectivity index (χ1n) is 7.95. The molecular formula is C17H19BrN2O4. The summed E-state index contributed by atoms with van der Waals surface area (Å²) < 4.78 is 0.977.